The van der Waals surface area contributed by atoms with Crippen LogP contribution in [0.25, 0.3) is 6.08 Å². The van der Waals surface area contributed by atoms with Crippen LogP contribution in [0.3, 0.4) is 0 Å². The summed E-state index contributed by atoms with van der Waals surface area (Å²) in [6, 6.07) is 10.6. The maximum absolute atomic E-state index is 5.31. The Balaban J connectivity index is 1.41. The minimum absolute atomic E-state index is 0.448. The lowest BCUT2D eigenvalue weighted by molar-refractivity contribution is 0.308. The summed E-state index contributed by atoms with van der Waals surface area (Å²) in [6.07, 6.45) is 12.3. The second-order valence-corrected chi connectivity index (χ2v) is 7.33. The fourth-order valence-corrected chi connectivity index (χ4v) is 3.45. The summed E-state index contributed by atoms with van der Waals surface area (Å²) in [4.78, 5) is 0. The first-order chi connectivity index (χ1) is 13.2. The van der Waals surface area contributed by atoms with E-state index in [-0.39, 0.29) is 0 Å². The number of hydrogen-bond donors (Lipinski definition) is 2. The zero-order chi connectivity index (χ0) is 18.9. The maximum atomic E-state index is 5.31. The molecule has 27 heavy (non-hydrogen) atoms. The molecule has 1 heterocycles. The Labute approximate surface area is 165 Å². The number of allylic oxidation sites excluding steroid dienone is 1. The van der Waals surface area contributed by atoms with Gasteiger partial charge in [0.05, 0.1) is 12.7 Å². The number of nitrogens with one attached hydrogen (secondary N) is 2. The third-order valence-electron chi connectivity index (χ3n) is 4.77. The number of aromatic nitrogens is 3. The van der Waals surface area contributed by atoms with Gasteiger partial charge in [-0.3, -0.25) is 5.43 Å². The molecule has 1 aliphatic carbocycles. The fraction of sp³-hybridized carbons (Fsp3) is 0.400. The van der Waals surface area contributed by atoms with Crippen molar-refractivity contribution in [2.24, 2.45) is 11.0 Å². The molecule has 0 saturated heterocycles. The minimum atomic E-state index is 0.448. The van der Waals surface area contributed by atoms with Gasteiger partial charge in [-0.25, -0.2) is 4.68 Å². The van der Waals surface area contributed by atoms with Gasteiger partial charge in [-0.15, -0.1) is 5.10 Å². The molecule has 0 unspecified atom stereocenters. The van der Waals surface area contributed by atoms with Gasteiger partial charge in [0.1, 0.15) is 5.69 Å². The first-order valence-corrected chi connectivity index (χ1v) is 9.82. The van der Waals surface area contributed by atoms with Crippen LogP contribution in [0.15, 0.2) is 47.7 Å². The van der Waals surface area contributed by atoms with Gasteiger partial charge >= 0.3 is 0 Å². The van der Waals surface area contributed by atoms with E-state index in [0.717, 1.165) is 5.69 Å². The highest BCUT2D eigenvalue weighted by Crippen LogP contribution is 2.23. The molecule has 1 aromatic carbocycles. The molecule has 3 rings (SSSR count). The van der Waals surface area contributed by atoms with Gasteiger partial charge in [0.2, 0.25) is 0 Å². The molecule has 0 amide bonds. The summed E-state index contributed by atoms with van der Waals surface area (Å²) in [5.41, 5.74) is 4.85. The van der Waals surface area contributed by atoms with Crippen molar-refractivity contribution < 1.29 is 0 Å². The second kappa shape index (κ2) is 9.97. The summed E-state index contributed by atoms with van der Waals surface area (Å²) in [7, 11) is 0. The van der Waals surface area contributed by atoms with Crippen LogP contribution in [0.4, 0.5) is 0 Å². The number of hydrogen-bond acceptors (Lipinski definition) is 4. The lowest BCUT2D eigenvalue weighted by atomic mass is 9.86. The largest absolute Gasteiger partial charge is 0.358 e. The van der Waals surface area contributed by atoms with Gasteiger partial charge in [0, 0.05) is 12.3 Å². The molecule has 0 spiro atoms. The minimum Gasteiger partial charge on any atom is -0.358 e. The molecule has 0 aliphatic heterocycles. The molecule has 1 aliphatic rings. The van der Waals surface area contributed by atoms with Crippen molar-refractivity contribution in [3.8, 4) is 0 Å². The predicted molar refractivity (Wildman–Crippen MR) is 113 cm³/mol. The van der Waals surface area contributed by atoms with Gasteiger partial charge in [0.15, 0.2) is 5.11 Å². The normalized spacial score (nSPS) is 20.2. The van der Waals surface area contributed by atoms with Crippen molar-refractivity contribution in [2.45, 2.75) is 45.2 Å². The van der Waals surface area contributed by atoms with Crippen LogP contribution in [0, 0.1) is 5.92 Å². The molecule has 1 fully saturated rings. The molecular weight excluding hydrogens is 356 g/mol. The number of benzene rings is 1. The summed E-state index contributed by atoms with van der Waals surface area (Å²) in [6.45, 7) is 2.98. The van der Waals surface area contributed by atoms with Gasteiger partial charge in [-0.1, -0.05) is 55.3 Å². The monoisotopic (exact) mass is 382 g/mol. The van der Waals surface area contributed by atoms with Crippen LogP contribution in [0.5, 0.6) is 0 Å². The fourth-order valence-electron chi connectivity index (χ4n) is 3.25. The molecule has 1 saturated carbocycles. The Hall–Kier alpha value is -2.54. The summed E-state index contributed by atoms with van der Waals surface area (Å²) < 4.78 is 1.81. The van der Waals surface area contributed by atoms with E-state index in [0.29, 0.717) is 23.6 Å². The van der Waals surface area contributed by atoms with Crippen LogP contribution < -0.4 is 10.7 Å². The van der Waals surface area contributed by atoms with Gasteiger partial charge in [0.25, 0.3) is 0 Å². The highest BCUT2D eigenvalue weighted by atomic mass is 32.1. The molecule has 7 heteroatoms. The van der Waals surface area contributed by atoms with Crippen molar-refractivity contribution >= 4 is 29.6 Å². The first kappa shape index (κ1) is 19.2. The SMILES string of the molecule is C[C@H]1CCCC[C@@H]1NC(=S)N/N=C\C=C\c1cn(Cc2ccccc2)nn1. The number of hydrazone groups is 1. The lowest BCUT2D eigenvalue weighted by Crippen LogP contribution is -2.44. The number of thiocarbonyl (C=S) groups is 1. The van der Waals surface area contributed by atoms with E-state index in [9.17, 15) is 0 Å². The zero-order valence-corrected chi connectivity index (χ0v) is 16.4. The summed E-state index contributed by atoms with van der Waals surface area (Å²) >= 11 is 5.31. The number of rotatable bonds is 6. The molecule has 2 aromatic rings. The lowest BCUT2D eigenvalue weighted by Gasteiger charge is -2.30. The van der Waals surface area contributed by atoms with Crippen molar-refractivity contribution in [3.05, 3.63) is 53.9 Å². The van der Waals surface area contributed by atoms with Crippen LogP contribution in [-0.4, -0.2) is 32.4 Å². The Kier molecular flexibility index (Phi) is 7.10. The molecule has 0 radical (unpaired) electrons. The van der Waals surface area contributed by atoms with E-state index < -0.39 is 0 Å². The standard InChI is InChI=1S/C20H26N6S/c1-16-8-5-6-12-19(16)22-20(27)24-21-13-7-11-18-15-26(25-23-18)14-17-9-3-2-4-10-17/h2-4,7,9-11,13,15-16,19H,5-6,8,12,14H2,1H3,(H2,22,24,27)/b11-7+,21-13-/t16-,19-/m0/s1. The highest BCUT2D eigenvalue weighted by molar-refractivity contribution is 7.80. The first-order valence-electron chi connectivity index (χ1n) is 9.41. The topological polar surface area (TPSA) is 67.1 Å². The van der Waals surface area contributed by atoms with E-state index in [4.69, 9.17) is 12.2 Å². The molecule has 0 bridgehead atoms. The van der Waals surface area contributed by atoms with E-state index in [2.05, 4.69) is 45.2 Å². The molecule has 142 valence electrons. The molecule has 2 atom stereocenters. The van der Waals surface area contributed by atoms with Crippen LogP contribution >= 0.6 is 12.2 Å². The molecule has 1 aromatic heterocycles. The number of nitrogens with zero attached hydrogens (tertiary/aromatic N) is 4. The Bertz CT molecular complexity index is 783. The van der Waals surface area contributed by atoms with Gasteiger partial charge in [-0.05, 0) is 48.7 Å². The smallest absolute Gasteiger partial charge is 0.187 e. The zero-order valence-electron chi connectivity index (χ0n) is 15.6. The third kappa shape index (κ3) is 6.29. The highest BCUT2D eigenvalue weighted by Gasteiger charge is 2.21. The van der Waals surface area contributed by atoms with E-state index in [1.54, 1.807) is 6.21 Å². The van der Waals surface area contributed by atoms with E-state index in [1.807, 2.05) is 41.2 Å². The van der Waals surface area contributed by atoms with Crippen molar-refractivity contribution in [1.82, 2.24) is 25.7 Å². The van der Waals surface area contributed by atoms with Crippen molar-refractivity contribution in [1.29, 1.82) is 0 Å². The van der Waals surface area contributed by atoms with Crippen LogP contribution in [0.1, 0.15) is 43.9 Å². The quantitative estimate of drug-likeness (QED) is 0.455. The van der Waals surface area contributed by atoms with Crippen molar-refractivity contribution in [2.75, 3.05) is 0 Å². The summed E-state index contributed by atoms with van der Waals surface area (Å²) in [5.74, 6) is 0.654. The Morgan fingerprint density at radius 3 is 2.93 bits per heavy atom. The van der Waals surface area contributed by atoms with Crippen molar-refractivity contribution in [3.63, 3.8) is 0 Å². The Morgan fingerprint density at radius 1 is 1.30 bits per heavy atom. The van der Waals surface area contributed by atoms with Crippen LogP contribution in [-0.2, 0) is 6.54 Å². The molecule has 2 N–H and O–H groups in total. The van der Waals surface area contributed by atoms with Gasteiger partial charge in [-0.2, -0.15) is 5.10 Å². The average Bonchev–Trinajstić information content (AvgIpc) is 3.11. The van der Waals surface area contributed by atoms with Gasteiger partial charge < -0.3 is 5.32 Å². The Morgan fingerprint density at radius 2 is 2.11 bits per heavy atom. The maximum Gasteiger partial charge on any atom is 0.187 e. The molecular formula is C20H26N6S. The summed E-state index contributed by atoms with van der Waals surface area (Å²) in [5, 5.41) is 16.3. The second-order valence-electron chi connectivity index (χ2n) is 6.92. The third-order valence-corrected chi connectivity index (χ3v) is 4.97. The van der Waals surface area contributed by atoms with E-state index in [1.165, 1.54) is 31.2 Å². The average molecular weight is 383 g/mol. The van der Waals surface area contributed by atoms with Crippen LogP contribution in [0.2, 0.25) is 0 Å². The van der Waals surface area contributed by atoms with E-state index >= 15 is 0 Å². The predicted octanol–water partition coefficient (Wildman–Crippen LogP) is 3.37. The molecule has 6 nitrogen and oxygen atoms in total.